The third kappa shape index (κ3) is 2.83. The van der Waals surface area contributed by atoms with E-state index in [0.717, 1.165) is 17.0 Å². The van der Waals surface area contributed by atoms with Crippen LogP contribution in [0.1, 0.15) is 29.3 Å². The summed E-state index contributed by atoms with van der Waals surface area (Å²) in [5.41, 5.74) is 8.02. The van der Waals surface area contributed by atoms with Gasteiger partial charge in [-0.1, -0.05) is 0 Å². The van der Waals surface area contributed by atoms with Crippen LogP contribution in [0.25, 0.3) is 0 Å². The van der Waals surface area contributed by atoms with Gasteiger partial charge in [0, 0.05) is 17.8 Å². The summed E-state index contributed by atoms with van der Waals surface area (Å²) in [7, 11) is 0. The summed E-state index contributed by atoms with van der Waals surface area (Å²) in [6.07, 6.45) is 0.281. The second kappa shape index (κ2) is 4.22. The fraction of sp³-hybridized carbons (Fsp3) is 0.364. The zero-order valence-corrected chi connectivity index (χ0v) is 8.58. The Balaban J connectivity index is 2.89. The number of hydrogen-bond acceptors (Lipinski definition) is 2. The molecule has 0 aromatic carbocycles. The highest BCUT2D eigenvalue weighted by Gasteiger charge is 2.09. The summed E-state index contributed by atoms with van der Waals surface area (Å²) in [4.78, 5) is 15.0. The number of nitrogens with two attached hydrogens (primary N) is 1. The maximum absolute atomic E-state index is 10.7. The summed E-state index contributed by atoms with van der Waals surface area (Å²) >= 11 is 0. The van der Waals surface area contributed by atoms with Crippen molar-refractivity contribution >= 4 is 5.91 Å². The molecule has 1 unspecified atom stereocenters. The lowest BCUT2D eigenvalue weighted by Gasteiger charge is -2.10. The number of hydrogen-bond donors (Lipinski definition) is 1. The predicted molar refractivity (Wildman–Crippen MR) is 55.6 cm³/mol. The number of primary amides is 1. The van der Waals surface area contributed by atoms with E-state index in [1.165, 1.54) is 0 Å². The van der Waals surface area contributed by atoms with Crippen molar-refractivity contribution < 1.29 is 4.79 Å². The van der Waals surface area contributed by atoms with Crippen LogP contribution in [-0.4, -0.2) is 10.9 Å². The van der Waals surface area contributed by atoms with Crippen molar-refractivity contribution in [1.82, 2.24) is 4.98 Å². The van der Waals surface area contributed by atoms with Gasteiger partial charge in [-0.15, -0.1) is 0 Å². The van der Waals surface area contributed by atoms with Gasteiger partial charge in [-0.3, -0.25) is 9.78 Å². The van der Waals surface area contributed by atoms with Crippen LogP contribution in [0.15, 0.2) is 12.1 Å². The van der Waals surface area contributed by atoms with E-state index in [2.05, 4.69) is 11.9 Å². The smallest absolute Gasteiger partial charge is 0.218 e. The molecule has 2 N–H and O–H groups in total. The summed E-state index contributed by atoms with van der Waals surface area (Å²) in [5, 5.41) is 0. The Hall–Kier alpha value is -1.38. The fourth-order valence-electron chi connectivity index (χ4n) is 1.46. The molecular formula is C11H15N2O. The van der Waals surface area contributed by atoms with E-state index in [1.807, 2.05) is 26.0 Å². The van der Waals surface area contributed by atoms with Crippen molar-refractivity contribution in [2.45, 2.75) is 26.2 Å². The number of aromatic nitrogens is 1. The summed E-state index contributed by atoms with van der Waals surface area (Å²) in [6.45, 7) is 7.75. The van der Waals surface area contributed by atoms with Crippen LogP contribution in [-0.2, 0) is 4.79 Å². The van der Waals surface area contributed by atoms with Gasteiger partial charge in [0.1, 0.15) is 0 Å². The molecule has 1 aromatic rings. The van der Waals surface area contributed by atoms with Gasteiger partial charge < -0.3 is 5.73 Å². The third-order valence-electron chi connectivity index (χ3n) is 2.02. The molecule has 0 aliphatic heterocycles. The molecule has 0 aliphatic carbocycles. The topological polar surface area (TPSA) is 56.0 Å². The van der Waals surface area contributed by atoms with E-state index in [0.29, 0.717) is 0 Å². The van der Waals surface area contributed by atoms with E-state index in [9.17, 15) is 4.79 Å². The Kier molecular flexibility index (Phi) is 3.23. The molecule has 0 bridgehead atoms. The average Bonchev–Trinajstić information content (AvgIpc) is 2.00. The number of carbonyl (C=O) groups excluding carboxylic acids is 1. The lowest BCUT2D eigenvalue weighted by atomic mass is 9.97. The molecule has 1 heterocycles. The number of carbonyl (C=O) groups is 1. The first-order valence-electron chi connectivity index (χ1n) is 4.55. The van der Waals surface area contributed by atoms with Crippen molar-refractivity contribution in [3.63, 3.8) is 0 Å². The van der Waals surface area contributed by atoms with Crippen molar-refractivity contribution in [3.8, 4) is 0 Å². The van der Waals surface area contributed by atoms with Crippen molar-refractivity contribution in [2.75, 3.05) is 0 Å². The minimum Gasteiger partial charge on any atom is -0.370 e. The van der Waals surface area contributed by atoms with E-state index >= 15 is 0 Å². The van der Waals surface area contributed by atoms with Gasteiger partial charge in [-0.05, 0) is 44.4 Å². The van der Waals surface area contributed by atoms with E-state index in [1.54, 1.807) is 0 Å². The SMILES string of the molecule is [CH2]C(CC(N)=O)c1cc(C)nc(C)c1. The summed E-state index contributed by atoms with van der Waals surface area (Å²) < 4.78 is 0. The molecule has 0 saturated carbocycles. The molecule has 75 valence electrons. The van der Waals surface area contributed by atoms with Gasteiger partial charge in [0.05, 0.1) is 0 Å². The molecule has 3 heteroatoms. The summed E-state index contributed by atoms with van der Waals surface area (Å²) in [6, 6.07) is 3.88. The van der Waals surface area contributed by atoms with E-state index in [4.69, 9.17) is 5.73 Å². The zero-order valence-electron chi connectivity index (χ0n) is 8.58. The Morgan fingerprint density at radius 2 is 2.00 bits per heavy atom. The lowest BCUT2D eigenvalue weighted by molar-refractivity contribution is -0.118. The van der Waals surface area contributed by atoms with Crippen molar-refractivity contribution in [3.05, 3.63) is 36.0 Å². The first-order valence-corrected chi connectivity index (χ1v) is 4.55. The molecule has 3 nitrogen and oxygen atoms in total. The molecule has 1 rings (SSSR count). The number of nitrogens with zero attached hydrogens (tertiary/aromatic N) is 1. The zero-order chi connectivity index (χ0) is 10.7. The highest BCUT2D eigenvalue weighted by atomic mass is 16.1. The van der Waals surface area contributed by atoms with Gasteiger partial charge in [-0.2, -0.15) is 0 Å². The van der Waals surface area contributed by atoms with Crippen LogP contribution in [0.4, 0.5) is 0 Å². The summed E-state index contributed by atoms with van der Waals surface area (Å²) in [5.74, 6) is -0.398. The number of pyridine rings is 1. The number of amides is 1. The van der Waals surface area contributed by atoms with Crippen LogP contribution in [0, 0.1) is 20.8 Å². The molecule has 14 heavy (non-hydrogen) atoms. The molecular weight excluding hydrogens is 176 g/mol. The Bertz CT molecular complexity index is 327. The standard InChI is InChI=1S/C11H15N2O/c1-7(4-11(12)14)10-5-8(2)13-9(3)6-10/h5-7H,1,4H2,2-3H3,(H2,12,14). The molecule has 0 saturated heterocycles. The normalized spacial score (nSPS) is 12.5. The monoisotopic (exact) mass is 191 g/mol. The van der Waals surface area contributed by atoms with Crippen LogP contribution < -0.4 is 5.73 Å². The number of aryl methyl sites for hydroxylation is 2. The first kappa shape index (κ1) is 10.7. The highest BCUT2D eigenvalue weighted by molar-refractivity contribution is 5.74. The van der Waals surface area contributed by atoms with Gasteiger partial charge in [0.15, 0.2) is 0 Å². The molecule has 1 aromatic heterocycles. The maximum atomic E-state index is 10.7. The molecule has 0 fully saturated rings. The Labute approximate surface area is 84.3 Å². The first-order chi connectivity index (χ1) is 6.49. The largest absolute Gasteiger partial charge is 0.370 e. The van der Waals surface area contributed by atoms with Crippen LogP contribution in [0.5, 0.6) is 0 Å². The van der Waals surface area contributed by atoms with Gasteiger partial charge in [-0.25, -0.2) is 0 Å². The fourth-order valence-corrected chi connectivity index (χ4v) is 1.46. The van der Waals surface area contributed by atoms with Crippen molar-refractivity contribution in [2.24, 2.45) is 5.73 Å². The number of rotatable bonds is 3. The second-order valence-electron chi connectivity index (χ2n) is 3.55. The minimum atomic E-state index is -0.322. The molecule has 1 radical (unpaired) electrons. The molecule has 0 aliphatic rings. The van der Waals surface area contributed by atoms with Crippen LogP contribution in [0.3, 0.4) is 0 Å². The predicted octanol–water partition coefficient (Wildman–Crippen LogP) is 1.49. The quantitative estimate of drug-likeness (QED) is 0.787. The van der Waals surface area contributed by atoms with Gasteiger partial charge in [0.25, 0.3) is 0 Å². The third-order valence-corrected chi connectivity index (χ3v) is 2.02. The highest BCUT2D eigenvalue weighted by Crippen LogP contribution is 2.19. The molecule has 1 atom stereocenters. The van der Waals surface area contributed by atoms with E-state index in [-0.39, 0.29) is 18.2 Å². The minimum absolute atomic E-state index is 0.0760. The Morgan fingerprint density at radius 1 is 1.50 bits per heavy atom. The Morgan fingerprint density at radius 3 is 2.43 bits per heavy atom. The van der Waals surface area contributed by atoms with Gasteiger partial charge in [0.2, 0.25) is 5.91 Å². The van der Waals surface area contributed by atoms with E-state index < -0.39 is 0 Å². The maximum Gasteiger partial charge on any atom is 0.218 e. The molecule has 1 amide bonds. The molecule has 0 spiro atoms. The average molecular weight is 191 g/mol. The second-order valence-corrected chi connectivity index (χ2v) is 3.55. The van der Waals surface area contributed by atoms with Gasteiger partial charge >= 0.3 is 0 Å². The van der Waals surface area contributed by atoms with Crippen LogP contribution >= 0.6 is 0 Å². The van der Waals surface area contributed by atoms with Crippen LogP contribution in [0.2, 0.25) is 0 Å². The van der Waals surface area contributed by atoms with Crippen molar-refractivity contribution in [1.29, 1.82) is 0 Å². The lowest BCUT2D eigenvalue weighted by Crippen LogP contribution is -2.14.